The minimum Gasteiger partial charge on any atom is -0.325 e. The molecule has 32 heavy (non-hydrogen) atoms. The molecule has 0 radical (unpaired) electrons. The highest BCUT2D eigenvalue weighted by Gasteiger charge is 2.35. The number of nitrogens with one attached hydrogen (secondary N) is 2. The van der Waals surface area contributed by atoms with E-state index < -0.39 is 5.92 Å². The SMILES string of the molecule is Cc1ccc(N2C[C@H](C(=O)Nc3ccccc3C(=O)Nc3ccc(Cl)cc3)CC2=O)cc1. The molecule has 0 aromatic heterocycles. The number of rotatable bonds is 5. The van der Waals surface area contributed by atoms with Gasteiger partial charge in [-0.3, -0.25) is 14.4 Å². The molecule has 0 unspecified atom stereocenters. The highest BCUT2D eigenvalue weighted by atomic mass is 35.5. The summed E-state index contributed by atoms with van der Waals surface area (Å²) in [6.07, 6.45) is 0.124. The van der Waals surface area contributed by atoms with Gasteiger partial charge in [-0.05, 0) is 55.5 Å². The molecule has 6 nitrogen and oxygen atoms in total. The molecule has 1 saturated heterocycles. The minimum absolute atomic E-state index is 0.0947. The smallest absolute Gasteiger partial charge is 0.257 e. The predicted molar refractivity (Wildman–Crippen MR) is 126 cm³/mol. The lowest BCUT2D eigenvalue weighted by molar-refractivity contribution is -0.122. The first-order valence-corrected chi connectivity index (χ1v) is 10.6. The fourth-order valence-corrected chi connectivity index (χ4v) is 3.74. The summed E-state index contributed by atoms with van der Waals surface area (Å²) < 4.78 is 0. The summed E-state index contributed by atoms with van der Waals surface area (Å²) in [5.74, 6) is -1.24. The zero-order valence-electron chi connectivity index (χ0n) is 17.5. The molecule has 4 rings (SSSR count). The number of hydrogen-bond donors (Lipinski definition) is 2. The minimum atomic E-state index is -0.504. The summed E-state index contributed by atoms with van der Waals surface area (Å²) in [6.45, 7) is 2.28. The van der Waals surface area contributed by atoms with Gasteiger partial charge in [0.05, 0.1) is 17.2 Å². The van der Waals surface area contributed by atoms with Crippen molar-refractivity contribution >= 4 is 46.4 Å². The maximum Gasteiger partial charge on any atom is 0.257 e. The molecule has 0 aliphatic carbocycles. The molecule has 162 valence electrons. The number of aryl methyl sites for hydroxylation is 1. The van der Waals surface area contributed by atoms with Crippen molar-refractivity contribution < 1.29 is 14.4 Å². The number of carbonyl (C=O) groups excluding carboxylic acids is 3. The Morgan fingerprint density at radius 1 is 0.938 bits per heavy atom. The molecule has 0 saturated carbocycles. The molecular weight excluding hydrogens is 426 g/mol. The normalized spacial score (nSPS) is 15.5. The van der Waals surface area contributed by atoms with Gasteiger partial charge in [-0.15, -0.1) is 0 Å². The molecule has 1 aliphatic heterocycles. The summed E-state index contributed by atoms with van der Waals surface area (Å²) in [4.78, 5) is 39.8. The molecule has 3 aromatic carbocycles. The van der Waals surface area contributed by atoms with Crippen LogP contribution in [-0.2, 0) is 9.59 Å². The molecule has 3 amide bonds. The van der Waals surface area contributed by atoms with E-state index in [-0.39, 0.29) is 24.1 Å². The lowest BCUT2D eigenvalue weighted by atomic mass is 10.1. The first-order chi connectivity index (χ1) is 15.4. The Kier molecular flexibility index (Phi) is 6.23. The van der Waals surface area contributed by atoms with E-state index in [0.29, 0.717) is 28.5 Å². The molecule has 0 bridgehead atoms. The van der Waals surface area contributed by atoms with Crippen molar-refractivity contribution in [3.05, 3.63) is 88.9 Å². The van der Waals surface area contributed by atoms with Crippen molar-refractivity contribution in [2.24, 2.45) is 5.92 Å². The third-order valence-corrected chi connectivity index (χ3v) is 5.63. The van der Waals surface area contributed by atoms with Gasteiger partial charge in [-0.25, -0.2) is 0 Å². The molecule has 2 N–H and O–H groups in total. The number of halogens is 1. The Balaban J connectivity index is 1.46. The molecule has 1 aliphatic rings. The van der Waals surface area contributed by atoms with E-state index in [1.54, 1.807) is 53.4 Å². The number of nitrogens with zero attached hydrogens (tertiary/aromatic N) is 1. The molecule has 1 atom stereocenters. The van der Waals surface area contributed by atoms with Gasteiger partial charge in [0, 0.05) is 29.4 Å². The lowest BCUT2D eigenvalue weighted by Crippen LogP contribution is -2.28. The first kappa shape index (κ1) is 21.6. The van der Waals surface area contributed by atoms with Gasteiger partial charge >= 0.3 is 0 Å². The molecule has 7 heteroatoms. The highest BCUT2D eigenvalue weighted by Crippen LogP contribution is 2.27. The van der Waals surface area contributed by atoms with Gasteiger partial charge in [0.15, 0.2) is 0 Å². The quantitative estimate of drug-likeness (QED) is 0.584. The van der Waals surface area contributed by atoms with Crippen LogP contribution in [0.2, 0.25) is 5.02 Å². The molecule has 3 aromatic rings. The third kappa shape index (κ3) is 4.81. The van der Waals surface area contributed by atoms with Gasteiger partial charge in [0.2, 0.25) is 11.8 Å². The zero-order valence-corrected chi connectivity index (χ0v) is 18.2. The Bertz CT molecular complexity index is 1160. The van der Waals surface area contributed by atoms with Crippen LogP contribution < -0.4 is 15.5 Å². The van der Waals surface area contributed by atoms with Gasteiger partial charge in [0.1, 0.15) is 0 Å². The Morgan fingerprint density at radius 2 is 1.62 bits per heavy atom. The van der Waals surface area contributed by atoms with Crippen LogP contribution in [0, 0.1) is 12.8 Å². The van der Waals surface area contributed by atoms with Gasteiger partial charge in [-0.2, -0.15) is 0 Å². The van der Waals surface area contributed by atoms with Crippen LogP contribution in [0.3, 0.4) is 0 Å². The maximum atomic E-state index is 12.9. The monoisotopic (exact) mass is 447 g/mol. The maximum absolute atomic E-state index is 12.9. The van der Waals surface area contributed by atoms with Gasteiger partial charge in [0.25, 0.3) is 5.91 Å². The van der Waals surface area contributed by atoms with Gasteiger partial charge < -0.3 is 15.5 Å². The Hall–Kier alpha value is -3.64. The highest BCUT2D eigenvalue weighted by molar-refractivity contribution is 6.30. The fraction of sp³-hybridized carbons (Fsp3) is 0.160. The second-order valence-electron chi connectivity index (χ2n) is 7.74. The largest absolute Gasteiger partial charge is 0.325 e. The first-order valence-electron chi connectivity index (χ1n) is 10.2. The topological polar surface area (TPSA) is 78.5 Å². The number of hydrogen-bond acceptors (Lipinski definition) is 3. The van der Waals surface area contributed by atoms with E-state index in [4.69, 9.17) is 11.6 Å². The number of carbonyl (C=O) groups is 3. The number of anilines is 3. The summed E-state index contributed by atoms with van der Waals surface area (Å²) in [6, 6.07) is 21.2. The second kappa shape index (κ2) is 9.24. The van der Waals surface area contributed by atoms with E-state index in [1.807, 2.05) is 31.2 Å². The van der Waals surface area contributed by atoms with Crippen LogP contribution in [0.15, 0.2) is 72.8 Å². The van der Waals surface area contributed by atoms with Crippen molar-refractivity contribution in [3.63, 3.8) is 0 Å². The van der Waals surface area contributed by atoms with E-state index in [9.17, 15) is 14.4 Å². The van der Waals surface area contributed by atoms with Crippen molar-refractivity contribution in [2.75, 3.05) is 22.1 Å². The Morgan fingerprint density at radius 3 is 2.34 bits per heavy atom. The van der Waals surface area contributed by atoms with Crippen molar-refractivity contribution in [1.29, 1.82) is 0 Å². The van der Waals surface area contributed by atoms with Crippen LogP contribution in [0.1, 0.15) is 22.3 Å². The average molecular weight is 448 g/mol. The zero-order chi connectivity index (χ0) is 22.7. The standard InChI is InChI=1S/C25H22ClN3O3/c1-16-6-12-20(13-7-16)29-15-17(14-23(29)30)24(31)28-22-5-3-2-4-21(22)25(32)27-19-10-8-18(26)9-11-19/h2-13,17H,14-15H2,1H3,(H,27,32)(H,28,31)/t17-/m1/s1. The fourth-order valence-electron chi connectivity index (χ4n) is 3.61. The lowest BCUT2D eigenvalue weighted by Gasteiger charge is -2.17. The van der Waals surface area contributed by atoms with Crippen LogP contribution in [0.4, 0.5) is 17.1 Å². The van der Waals surface area contributed by atoms with Crippen LogP contribution in [-0.4, -0.2) is 24.3 Å². The summed E-state index contributed by atoms with van der Waals surface area (Å²) >= 11 is 5.89. The van der Waals surface area contributed by atoms with Crippen LogP contribution in [0.25, 0.3) is 0 Å². The van der Waals surface area contributed by atoms with Crippen LogP contribution >= 0.6 is 11.6 Å². The number of para-hydroxylation sites is 1. The number of amides is 3. The van der Waals surface area contributed by atoms with E-state index in [0.717, 1.165) is 11.3 Å². The molecule has 0 spiro atoms. The van der Waals surface area contributed by atoms with E-state index in [1.165, 1.54) is 0 Å². The van der Waals surface area contributed by atoms with Crippen molar-refractivity contribution in [2.45, 2.75) is 13.3 Å². The molecule has 1 fully saturated rings. The van der Waals surface area contributed by atoms with Crippen molar-refractivity contribution in [1.82, 2.24) is 0 Å². The molecular formula is C25H22ClN3O3. The molecule has 1 heterocycles. The second-order valence-corrected chi connectivity index (χ2v) is 8.17. The third-order valence-electron chi connectivity index (χ3n) is 5.37. The van der Waals surface area contributed by atoms with Crippen LogP contribution in [0.5, 0.6) is 0 Å². The van der Waals surface area contributed by atoms with E-state index in [2.05, 4.69) is 10.6 Å². The average Bonchev–Trinajstić information content (AvgIpc) is 3.18. The number of benzene rings is 3. The summed E-state index contributed by atoms with van der Waals surface area (Å²) in [5, 5.41) is 6.20. The van der Waals surface area contributed by atoms with E-state index >= 15 is 0 Å². The summed E-state index contributed by atoms with van der Waals surface area (Å²) in [7, 11) is 0. The van der Waals surface area contributed by atoms with Gasteiger partial charge in [-0.1, -0.05) is 41.4 Å². The summed E-state index contributed by atoms with van der Waals surface area (Å²) in [5.41, 5.74) is 3.19. The van der Waals surface area contributed by atoms with Crippen molar-refractivity contribution in [3.8, 4) is 0 Å². The Labute approximate surface area is 191 Å². The predicted octanol–water partition coefficient (Wildman–Crippen LogP) is 4.89.